The molecule has 7 nitrogen and oxygen atoms in total. The van der Waals surface area contributed by atoms with Crippen LogP contribution in [0.15, 0.2) is 30.7 Å². The highest BCUT2D eigenvalue weighted by Gasteiger charge is 2.26. The van der Waals surface area contributed by atoms with E-state index in [2.05, 4.69) is 30.4 Å². The van der Waals surface area contributed by atoms with Gasteiger partial charge < -0.3 is 10.3 Å². The third kappa shape index (κ3) is 3.17. The minimum Gasteiger partial charge on any atom is -0.354 e. The number of hydrogen-bond acceptors (Lipinski definition) is 5. The molecule has 0 unspecified atom stereocenters. The standard InChI is InChI=1S/C16H14F3N7/c1-9-8-26-13(23-9)3-2-12(25-26)10-6-21-14-11(10)7-22-15(24-14)20-5-4-16(17,18)19/h2-3,6-8H,4-5H2,1H3,(H2,20,21,22,24). The summed E-state index contributed by atoms with van der Waals surface area (Å²) in [6.45, 7) is 1.61. The number of aromatic nitrogens is 6. The third-order valence-corrected chi connectivity index (χ3v) is 3.84. The Balaban J connectivity index is 1.62. The number of aromatic amines is 1. The first-order valence-electron chi connectivity index (χ1n) is 7.87. The summed E-state index contributed by atoms with van der Waals surface area (Å²) in [6.07, 6.45) is -0.0237. The quantitative estimate of drug-likeness (QED) is 0.582. The van der Waals surface area contributed by atoms with Crippen molar-refractivity contribution in [3.05, 3.63) is 36.4 Å². The number of fused-ring (bicyclic) bond motifs is 2. The molecule has 0 aliphatic rings. The normalized spacial score (nSPS) is 12.2. The molecule has 0 saturated carbocycles. The molecule has 4 aromatic heterocycles. The molecular weight excluding hydrogens is 347 g/mol. The molecule has 0 atom stereocenters. The number of hydrogen-bond donors (Lipinski definition) is 2. The van der Waals surface area contributed by atoms with E-state index in [0.717, 1.165) is 22.3 Å². The lowest BCUT2D eigenvalue weighted by molar-refractivity contribution is -0.131. The number of nitrogens with zero attached hydrogens (tertiary/aromatic N) is 5. The first kappa shape index (κ1) is 16.3. The highest BCUT2D eigenvalue weighted by atomic mass is 19.4. The summed E-state index contributed by atoms with van der Waals surface area (Å²) >= 11 is 0. The molecule has 4 aromatic rings. The van der Waals surface area contributed by atoms with Gasteiger partial charge in [-0.3, -0.25) is 0 Å². The predicted octanol–water partition coefficient (Wildman–Crippen LogP) is 3.34. The summed E-state index contributed by atoms with van der Waals surface area (Å²) in [4.78, 5) is 15.7. The topological polar surface area (TPSA) is 83.8 Å². The summed E-state index contributed by atoms with van der Waals surface area (Å²) < 4.78 is 38.3. The predicted molar refractivity (Wildman–Crippen MR) is 89.8 cm³/mol. The molecule has 0 aliphatic heterocycles. The molecule has 0 aliphatic carbocycles. The maximum Gasteiger partial charge on any atom is 0.390 e. The van der Waals surface area contributed by atoms with Crippen LogP contribution in [-0.4, -0.2) is 42.3 Å². The monoisotopic (exact) mass is 361 g/mol. The van der Waals surface area contributed by atoms with Gasteiger partial charge in [-0.2, -0.15) is 23.3 Å². The van der Waals surface area contributed by atoms with Crippen molar-refractivity contribution in [1.82, 2.24) is 29.5 Å². The van der Waals surface area contributed by atoms with Gasteiger partial charge in [0, 0.05) is 29.9 Å². The Labute approximate surface area is 145 Å². The molecular formula is C16H14F3N7. The zero-order chi connectivity index (χ0) is 18.3. The van der Waals surface area contributed by atoms with Crippen LogP contribution in [0.3, 0.4) is 0 Å². The summed E-state index contributed by atoms with van der Waals surface area (Å²) in [5.74, 6) is 0.142. The molecule has 0 fully saturated rings. The first-order chi connectivity index (χ1) is 12.4. The van der Waals surface area contributed by atoms with Crippen LogP contribution in [0.4, 0.5) is 19.1 Å². The Hall–Kier alpha value is -3.17. The molecule has 0 spiro atoms. The second kappa shape index (κ2) is 5.97. The molecule has 4 heterocycles. The fourth-order valence-corrected chi connectivity index (χ4v) is 2.66. The van der Waals surface area contributed by atoms with Gasteiger partial charge in [0.1, 0.15) is 5.65 Å². The van der Waals surface area contributed by atoms with E-state index in [1.807, 2.05) is 25.3 Å². The van der Waals surface area contributed by atoms with E-state index in [1.165, 1.54) is 0 Å². The van der Waals surface area contributed by atoms with Gasteiger partial charge in [-0.05, 0) is 19.1 Å². The van der Waals surface area contributed by atoms with Crippen molar-refractivity contribution in [3.63, 3.8) is 0 Å². The van der Waals surface area contributed by atoms with Crippen LogP contribution < -0.4 is 5.32 Å². The number of rotatable bonds is 4. The minimum absolute atomic E-state index is 0.142. The average molecular weight is 361 g/mol. The lowest BCUT2D eigenvalue weighted by Gasteiger charge is -2.07. The molecule has 2 N–H and O–H groups in total. The van der Waals surface area contributed by atoms with Gasteiger partial charge in [-0.1, -0.05) is 0 Å². The van der Waals surface area contributed by atoms with Crippen LogP contribution in [0.5, 0.6) is 0 Å². The summed E-state index contributed by atoms with van der Waals surface area (Å²) in [5.41, 5.74) is 3.65. The van der Waals surface area contributed by atoms with Crippen molar-refractivity contribution in [2.45, 2.75) is 19.5 Å². The third-order valence-electron chi connectivity index (χ3n) is 3.84. The van der Waals surface area contributed by atoms with E-state index in [9.17, 15) is 13.2 Å². The van der Waals surface area contributed by atoms with Gasteiger partial charge in [-0.15, -0.1) is 0 Å². The van der Waals surface area contributed by atoms with E-state index in [1.54, 1.807) is 16.9 Å². The summed E-state index contributed by atoms with van der Waals surface area (Å²) in [6, 6.07) is 3.71. The molecule has 134 valence electrons. The van der Waals surface area contributed by atoms with Gasteiger partial charge >= 0.3 is 6.18 Å². The van der Waals surface area contributed by atoms with Gasteiger partial charge in [-0.25, -0.2) is 14.5 Å². The fraction of sp³-hybridized carbons (Fsp3) is 0.250. The highest BCUT2D eigenvalue weighted by molar-refractivity contribution is 5.92. The zero-order valence-electron chi connectivity index (χ0n) is 13.7. The number of alkyl halides is 3. The van der Waals surface area contributed by atoms with Gasteiger partial charge in [0.2, 0.25) is 5.95 Å². The van der Waals surface area contributed by atoms with Crippen molar-refractivity contribution < 1.29 is 13.2 Å². The van der Waals surface area contributed by atoms with Crippen molar-refractivity contribution in [1.29, 1.82) is 0 Å². The summed E-state index contributed by atoms with van der Waals surface area (Å²) in [5, 5.41) is 7.84. The van der Waals surface area contributed by atoms with Crippen LogP contribution in [0.25, 0.3) is 27.9 Å². The van der Waals surface area contributed by atoms with Crippen molar-refractivity contribution in [2.75, 3.05) is 11.9 Å². The molecule has 4 rings (SSSR count). The molecule has 0 radical (unpaired) electrons. The average Bonchev–Trinajstić information content (AvgIpc) is 3.14. The Bertz CT molecular complexity index is 1080. The Morgan fingerprint density at radius 3 is 2.88 bits per heavy atom. The van der Waals surface area contributed by atoms with E-state index >= 15 is 0 Å². The molecule has 26 heavy (non-hydrogen) atoms. The van der Waals surface area contributed by atoms with Crippen LogP contribution >= 0.6 is 0 Å². The molecule has 0 amide bonds. The number of aryl methyl sites for hydroxylation is 1. The number of imidazole rings is 1. The van der Waals surface area contributed by atoms with Gasteiger partial charge in [0.15, 0.2) is 5.65 Å². The van der Waals surface area contributed by atoms with E-state index < -0.39 is 12.6 Å². The van der Waals surface area contributed by atoms with Crippen molar-refractivity contribution >= 4 is 22.6 Å². The van der Waals surface area contributed by atoms with Crippen molar-refractivity contribution in [3.8, 4) is 11.3 Å². The highest BCUT2D eigenvalue weighted by Crippen LogP contribution is 2.26. The number of H-pyrrole nitrogens is 1. The second-order valence-corrected chi connectivity index (χ2v) is 5.85. The Morgan fingerprint density at radius 2 is 2.08 bits per heavy atom. The van der Waals surface area contributed by atoms with Crippen LogP contribution in [0.1, 0.15) is 12.1 Å². The molecule has 0 bridgehead atoms. The Kier molecular flexibility index (Phi) is 3.74. The number of anilines is 1. The SMILES string of the molecule is Cc1cn2nc(-c3c[nH]c4nc(NCCC(F)(F)F)ncc34)ccc2n1. The lowest BCUT2D eigenvalue weighted by atomic mass is 10.2. The molecule has 0 saturated heterocycles. The van der Waals surface area contributed by atoms with Crippen LogP contribution in [0, 0.1) is 6.92 Å². The van der Waals surface area contributed by atoms with Crippen molar-refractivity contribution in [2.24, 2.45) is 0 Å². The maximum absolute atomic E-state index is 12.2. The Morgan fingerprint density at radius 1 is 1.23 bits per heavy atom. The lowest BCUT2D eigenvalue weighted by Crippen LogP contribution is -2.15. The van der Waals surface area contributed by atoms with E-state index in [0.29, 0.717) is 11.3 Å². The second-order valence-electron chi connectivity index (χ2n) is 5.85. The van der Waals surface area contributed by atoms with Gasteiger partial charge in [0.25, 0.3) is 0 Å². The number of nitrogens with one attached hydrogen (secondary N) is 2. The van der Waals surface area contributed by atoms with E-state index in [-0.39, 0.29) is 12.5 Å². The first-order valence-corrected chi connectivity index (χ1v) is 7.87. The largest absolute Gasteiger partial charge is 0.390 e. The summed E-state index contributed by atoms with van der Waals surface area (Å²) in [7, 11) is 0. The maximum atomic E-state index is 12.2. The van der Waals surface area contributed by atoms with Crippen LogP contribution in [0.2, 0.25) is 0 Å². The fourth-order valence-electron chi connectivity index (χ4n) is 2.66. The molecule has 0 aromatic carbocycles. The minimum atomic E-state index is -4.22. The van der Waals surface area contributed by atoms with Gasteiger partial charge in [0.05, 0.1) is 24.0 Å². The molecule has 10 heteroatoms. The number of halogens is 3. The smallest absolute Gasteiger partial charge is 0.354 e. The van der Waals surface area contributed by atoms with Crippen LogP contribution in [-0.2, 0) is 0 Å². The zero-order valence-corrected chi connectivity index (χ0v) is 13.7. The van der Waals surface area contributed by atoms with E-state index in [4.69, 9.17) is 0 Å².